The molecule has 0 radical (unpaired) electrons. The van der Waals surface area contributed by atoms with E-state index in [2.05, 4.69) is 80.4 Å². The summed E-state index contributed by atoms with van der Waals surface area (Å²) in [6, 6.07) is 1.55. The van der Waals surface area contributed by atoms with E-state index in [0.717, 1.165) is 0 Å². The van der Waals surface area contributed by atoms with Crippen LogP contribution in [-0.4, -0.2) is 164 Å². The Morgan fingerprint density at radius 3 is 1.63 bits per heavy atom. The Hall–Kier alpha value is -9.06. The van der Waals surface area contributed by atoms with Gasteiger partial charge in [0.1, 0.15) is 54.4 Å². The highest BCUT2D eigenvalue weighted by Gasteiger charge is 2.37. The number of fused-ring (bicyclic) bond motifs is 1. The summed E-state index contributed by atoms with van der Waals surface area (Å²) in [5.41, 5.74) is 24.5. The zero-order valence-corrected chi connectivity index (χ0v) is 48.8. The lowest BCUT2D eigenvalue weighted by Gasteiger charge is -2.28. The highest BCUT2D eigenvalue weighted by molar-refractivity contribution is 7.80. The number of para-hydroxylation sites is 1. The first-order valence-corrected chi connectivity index (χ1v) is 28.8. The number of rotatable bonds is 22. The van der Waals surface area contributed by atoms with Gasteiger partial charge in [-0.05, 0) is 74.6 Å². The summed E-state index contributed by atoms with van der Waals surface area (Å²) in [5.74, 6) is -12.1. The number of imidazole rings is 1. The van der Waals surface area contributed by atoms with E-state index in [1.807, 2.05) is 0 Å². The molecule has 3 heterocycles. The van der Waals surface area contributed by atoms with Crippen molar-refractivity contribution in [3.63, 3.8) is 0 Å². The highest BCUT2D eigenvalue weighted by atomic mass is 32.1. The number of nitrogens with one attached hydrogen (secondary N) is 11. The fraction of sp³-hybridized carbons (Fsp3) is 0.482. The van der Waals surface area contributed by atoms with Crippen LogP contribution >= 0.6 is 12.6 Å². The van der Waals surface area contributed by atoms with Crippen molar-refractivity contribution in [1.82, 2.24) is 62.8 Å². The average Bonchev–Trinajstić information content (AvgIpc) is 2.25. The Bertz CT molecular complexity index is 3010. The standard InChI is InChI=1S/C56H79N17O12S/c1-30(2)21-39-50(80)71-42(24-33-27-61-29-64-33)53(83)69-40(22-31-11-4-3-5-12-31)51(81)67-38(17-18-45(58)74)49(79)66-37(16-10-20-62-56(59)60)47(77)65-36(15-8-9-19-57)48(78)73-44(28-86)55(85)72-43(25-46(75)76)54(84)70-41(52(82)68-39)23-32-26-63-35-14-7-6-13-34(32)35/h3-7,11-14,26-27,29-30,36-44,63,86H,8-10,15-25,28,57H2,1-2H3,(H2,58,74)(H,61,64)(H,65,77)(H,66,79)(H,67,81)(H,68,82)(H,69,83)(H,70,84)(H,71,80)(H,72,85)(H,73,78)(H,75,76)(H4,59,60,62)/t36-,37-,38-,39-,40-,41-,42-,43-,44-/m0/s1. The van der Waals surface area contributed by atoms with Crippen LogP contribution in [0.15, 0.2) is 78.3 Å². The Kier molecular flexibility index (Phi) is 26.8. The van der Waals surface area contributed by atoms with E-state index in [1.165, 1.54) is 12.5 Å². The minimum atomic E-state index is -1.89. The number of carboxylic acid groups (broad SMARTS) is 1. The van der Waals surface area contributed by atoms with Gasteiger partial charge in [0.05, 0.1) is 12.7 Å². The summed E-state index contributed by atoms with van der Waals surface area (Å²) in [6.07, 6.45) is 2.25. The second kappa shape index (κ2) is 34.0. The average molecular weight is 1210 g/mol. The number of unbranched alkanes of at least 4 members (excludes halogenated alkanes) is 1. The molecule has 29 nitrogen and oxygen atoms in total. The SMILES string of the molecule is CC(C)C[C@@H]1NC(=O)[C@H](Cc2c[nH]c3ccccc23)NC(=O)[C@H](CC(=O)O)NC(=O)[C@H](CS)NC(=O)[C@H](CCCCN)NC(=O)[C@H](CCCN=C(N)N)NC(=O)[C@H](CCC(N)=O)NC(=O)[C@H](Cc2ccccc2)NC(=O)[C@H](Cc2cnc[nH]2)NC1=O. The fourth-order valence-corrected chi connectivity index (χ4v) is 9.69. The molecule has 4 aromatic rings. The molecule has 2 aromatic carbocycles. The van der Waals surface area contributed by atoms with E-state index in [4.69, 9.17) is 22.9 Å². The number of carbonyl (C=O) groups excluding carboxylic acids is 10. The molecular formula is C56H79N17O12S. The number of primary amides is 1. The van der Waals surface area contributed by atoms with Gasteiger partial charge in [-0.1, -0.05) is 62.4 Å². The van der Waals surface area contributed by atoms with E-state index in [1.54, 1.807) is 74.6 Å². The molecule has 30 heteroatoms. The lowest BCUT2D eigenvalue weighted by Crippen LogP contribution is -2.61. The topological polar surface area (TPSA) is 477 Å². The van der Waals surface area contributed by atoms with E-state index in [0.29, 0.717) is 34.1 Å². The van der Waals surface area contributed by atoms with E-state index in [-0.39, 0.29) is 76.3 Å². The number of H-pyrrole nitrogens is 2. The first kappa shape index (κ1) is 67.7. The lowest BCUT2D eigenvalue weighted by molar-refractivity contribution is -0.141. The number of aliphatic carboxylic acids is 1. The summed E-state index contributed by atoms with van der Waals surface area (Å²) >= 11 is 4.28. The molecule has 1 aliphatic rings. The fourth-order valence-electron chi connectivity index (χ4n) is 9.44. The van der Waals surface area contributed by atoms with Crippen molar-refractivity contribution in [2.45, 2.75) is 145 Å². The number of nitrogens with two attached hydrogens (primary N) is 4. The predicted octanol–water partition coefficient (Wildman–Crippen LogP) is -2.81. The maximum Gasteiger partial charge on any atom is 0.305 e. The maximum atomic E-state index is 14.8. The number of nitrogens with zero attached hydrogens (tertiary/aromatic N) is 2. The van der Waals surface area contributed by atoms with E-state index < -0.39 is 144 Å². The zero-order valence-electron chi connectivity index (χ0n) is 47.9. The van der Waals surface area contributed by atoms with Crippen molar-refractivity contribution in [3.8, 4) is 0 Å². The van der Waals surface area contributed by atoms with E-state index in [9.17, 15) is 57.8 Å². The number of carbonyl (C=O) groups is 11. The second-order valence-electron chi connectivity index (χ2n) is 21.2. The first-order chi connectivity index (χ1) is 41.0. The molecule has 0 bridgehead atoms. The first-order valence-electron chi connectivity index (χ1n) is 28.2. The smallest absolute Gasteiger partial charge is 0.305 e. The van der Waals surface area contributed by atoms with Crippen molar-refractivity contribution < 1.29 is 57.8 Å². The number of aromatic amines is 2. The van der Waals surface area contributed by atoms with Crippen LogP contribution in [0, 0.1) is 5.92 Å². The van der Waals surface area contributed by atoms with Crippen molar-refractivity contribution in [2.24, 2.45) is 33.8 Å². The Morgan fingerprint density at radius 2 is 1.07 bits per heavy atom. The molecule has 1 fully saturated rings. The van der Waals surface area contributed by atoms with Crippen LogP contribution < -0.4 is 70.8 Å². The number of hydrogen-bond donors (Lipinski definition) is 17. The molecule has 0 spiro atoms. The summed E-state index contributed by atoms with van der Waals surface area (Å²) in [6.45, 7) is 3.71. The largest absolute Gasteiger partial charge is 0.481 e. The van der Waals surface area contributed by atoms with Gasteiger partial charge < -0.3 is 85.9 Å². The van der Waals surface area contributed by atoms with Crippen molar-refractivity contribution in [3.05, 3.63) is 90.1 Å². The van der Waals surface area contributed by atoms with Crippen molar-refractivity contribution >= 4 is 94.5 Å². The number of hydrogen-bond acceptors (Lipinski definition) is 15. The van der Waals surface area contributed by atoms with Gasteiger partial charge in [0, 0.05) is 67.0 Å². The Balaban J connectivity index is 1.65. The van der Waals surface area contributed by atoms with Gasteiger partial charge in [-0.25, -0.2) is 4.98 Å². The van der Waals surface area contributed by atoms with Gasteiger partial charge in [0.25, 0.3) is 0 Å². The highest BCUT2D eigenvalue weighted by Crippen LogP contribution is 2.20. The molecule has 20 N–H and O–H groups in total. The quantitative estimate of drug-likeness (QED) is 0.0164. The third kappa shape index (κ3) is 21.8. The monoisotopic (exact) mass is 1210 g/mol. The third-order valence-corrected chi connectivity index (χ3v) is 14.3. The molecule has 10 amide bonds. The summed E-state index contributed by atoms with van der Waals surface area (Å²) in [5, 5.41) is 34.2. The maximum absolute atomic E-state index is 14.8. The van der Waals surface area contributed by atoms with Gasteiger partial charge in [0.2, 0.25) is 59.1 Å². The zero-order chi connectivity index (χ0) is 62.9. The van der Waals surface area contributed by atoms with Crippen LogP contribution in [0.2, 0.25) is 0 Å². The molecule has 1 aliphatic heterocycles. The van der Waals surface area contributed by atoms with Crippen LogP contribution in [0.4, 0.5) is 0 Å². The Labute approximate surface area is 501 Å². The van der Waals surface area contributed by atoms with Gasteiger partial charge in [0.15, 0.2) is 5.96 Å². The molecule has 1 saturated heterocycles. The van der Waals surface area contributed by atoms with Gasteiger partial charge in [-0.3, -0.25) is 57.7 Å². The number of carboxylic acids is 1. The number of amides is 10. The molecular weight excluding hydrogens is 1130 g/mol. The van der Waals surface area contributed by atoms with Crippen LogP contribution in [0.25, 0.3) is 10.9 Å². The molecule has 86 heavy (non-hydrogen) atoms. The number of thiol groups is 1. The van der Waals surface area contributed by atoms with Crippen LogP contribution in [0.5, 0.6) is 0 Å². The summed E-state index contributed by atoms with van der Waals surface area (Å²) in [4.78, 5) is 170. The number of benzene rings is 2. The minimum Gasteiger partial charge on any atom is -0.481 e. The number of aromatic nitrogens is 3. The normalized spacial score (nSPS) is 22.8. The number of aliphatic imine (C=N–C) groups is 1. The van der Waals surface area contributed by atoms with Gasteiger partial charge in [-0.15, -0.1) is 0 Å². The Morgan fingerprint density at radius 1 is 0.581 bits per heavy atom. The molecule has 0 saturated carbocycles. The predicted molar refractivity (Wildman–Crippen MR) is 319 cm³/mol. The van der Waals surface area contributed by atoms with Crippen LogP contribution in [0.3, 0.4) is 0 Å². The molecule has 9 atom stereocenters. The van der Waals surface area contributed by atoms with Gasteiger partial charge >= 0.3 is 5.97 Å². The number of guanidine groups is 1. The molecule has 0 aliphatic carbocycles. The molecule has 5 rings (SSSR count). The lowest BCUT2D eigenvalue weighted by atomic mass is 9.99. The molecule has 0 unspecified atom stereocenters. The second-order valence-corrected chi connectivity index (χ2v) is 21.6. The van der Waals surface area contributed by atoms with Crippen molar-refractivity contribution in [2.75, 3.05) is 18.8 Å². The van der Waals surface area contributed by atoms with E-state index >= 15 is 0 Å². The van der Waals surface area contributed by atoms with Crippen molar-refractivity contribution in [1.29, 1.82) is 0 Å². The summed E-state index contributed by atoms with van der Waals surface area (Å²) < 4.78 is 0. The van der Waals surface area contributed by atoms with Crippen LogP contribution in [0.1, 0.15) is 88.5 Å². The molecule has 2 aromatic heterocycles. The third-order valence-electron chi connectivity index (χ3n) is 13.9. The summed E-state index contributed by atoms with van der Waals surface area (Å²) in [7, 11) is 0. The molecule has 466 valence electrons. The van der Waals surface area contributed by atoms with Gasteiger partial charge in [-0.2, -0.15) is 12.6 Å². The minimum absolute atomic E-state index is 0.0253. The van der Waals surface area contributed by atoms with Crippen LogP contribution in [-0.2, 0) is 72.0 Å².